The lowest BCUT2D eigenvalue weighted by Crippen LogP contribution is -2.42. The van der Waals surface area contributed by atoms with Crippen LogP contribution in [0.25, 0.3) is 0 Å². The number of halogens is 2. The van der Waals surface area contributed by atoms with Gasteiger partial charge >= 0.3 is 5.97 Å². The molecule has 0 saturated carbocycles. The molecule has 0 aromatic carbocycles. The second-order valence-electron chi connectivity index (χ2n) is 5.15. The van der Waals surface area contributed by atoms with Crippen LogP contribution in [0.4, 0.5) is 8.78 Å². The monoisotopic (exact) mass is 295 g/mol. The molecule has 0 saturated heterocycles. The van der Waals surface area contributed by atoms with E-state index in [9.17, 15) is 18.4 Å². The van der Waals surface area contributed by atoms with E-state index in [1.54, 1.807) is 0 Å². The average molecular weight is 295 g/mol. The molecule has 7 heteroatoms. The van der Waals surface area contributed by atoms with E-state index < -0.39 is 30.8 Å². The summed E-state index contributed by atoms with van der Waals surface area (Å²) in [5, 5.41) is 10.8. The van der Waals surface area contributed by atoms with Crippen molar-refractivity contribution in [1.82, 2.24) is 5.32 Å². The summed E-state index contributed by atoms with van der Waals surface area (Å²) in [6.07, 6.45) is -2.87. The van der Waals surface area contributed by atoms with E-state index >= 15 is 0 Å². The zero-order chi connectivity index (χ0) is 15.7. The summed E-state index contributed by atoms with van der Waals surface area (Å²) in [7, 11) is 0. The summed E-state index contributed by atoms with van der Waals surface area (Å²) in [4.78, 5) is 22.1. The number of carboxylic acid groups (broad SMARTS) is 1. The molecule has 0 radical (unpaired) electrons. The molecule has 0 heterocycles. The minimum atomic E-state index is -2.78. The highest BCUT2D eigenvalue weighted by atomic mass is 19.3. The molecule has 2 unspecified atom stereocenters. The van der Waals surface area contributed by atoms with Crippen molar-refractivity contribution in [2.75, 3.05) is 6.61 Å². The zero-order valence-electron chi connectivity index (χ0n) is 12.1. The number of carbonyl (C=O) groups excluding carboxylic acids is 1. The molecule has 0 bridgehead atoms. The highest BCUT2D eigenvalue weighted by molar-refractivity contribution is 5.83. The quantitative estimate of drug-likeness (QED) is 0.647. The van der Waals surface area contributed by atoms with Gasteiger partial charge in [0.1, 0.15) is 6.04 Å². The Hall–Kier alpha value is -1.24. The molecule has 118 valence electrons. The highest BCUT2D eigenvalue weighted by Crippen LogP contribution is 2.08. The smallest absolute Gasteiger partial charge is 0.326 e. The van der Waals surface area contributed by atoms with Gasteiger partial charge in [0.25, 0.3) is 0 Å². The van der Waals surface area contributed by atoms with Crippen molar-refractivity contribution in [3.05, 3.63) is 0 Å². The van der Waals surface area contributed by atoms with Crippen molar-refractivity contribution in [1.29, 1.82) is 0 Å². The molecule has 1 amide bonds. The average Bonchev–Trinajstić information content (AvgIpc) is 2.26. The van der Waals surface area contributed by atoms with Crippen molar-refractivity contribution < 1.29 is 28.2 Å². The lowest BCUT2D eigenvalue weighted by molar-refractivity contribution is -0.143. The molecule has 0 rings (SSSR count). The third kappa shape index (κ3) is 9.66. The Morgan fingerprint density at radius 3 is 2.25 bits per heavy atom. The number of hydrogen-bond donors (Lipinski definition) is 2. The van der Waals surface area contributed by atoms with Gasteiger partial charge in [-0.05, 0) is 19.3 Å². The van der Waals surface area contributed by atoms with E-state index in [1.165, 1.54) is 0 Å². The Balaban J connectivity index is 3.99. The lowest BCUT2D eigenvalue weighted by atomic mass is 10.1. The molecule has 0 fully saturated rings. The van der Waals surface area contributed by atoms with Gasteiger partial charge in [0, 0.05) is 12.8 Å². The molecular weight excluding hydrogens is 272 g/mol. The summed E-state index contributed by atoms with van der Waals surface area (Å²) in [5.41, 5.74) is 0. The van der Waals surface area contributed by atoms with E-state index in [2.05, 4.69) is 5.32 Å². The Morgan fingerprint density at radius 2 is 1.80 bits per heavy atom. The number of amides is 1. The van der Waals surface area contributed by atoms with Crippen LogP contribution in [0.1, 0.15) is 40.0 Å². The van der Waals surface area contributed by atoms with Crippen LogP contribution < -0.4 is 5.32 Å². The van der Waals surface area contributed by atoms with E-state index in [4.69, 9.17) is 9.84 Å². The number of rotatable bonds is 10. The number of ether oxygens (including phenoxy) is 1. The lowest BCUT2D eigenvalue weighted by Gasteiger charge is -2.16. The molecule has 2 N–H and O–H groups in total. The predicted molar refractivity (Wildman–Crippen MR) is 69.7 cm³/mol. The zero-order valence-corrected chi connectivity index (χ0v) is 12.1. The molecule has 0 aliphatic rings. The van der Waals surface area contributed by atoms with Crippen LogP contribution >= 0.6 is 0 Å². The summed E-state index contributed by atoms with van der Waals surface area (Å²) in [6.45, 7) is 6.12. The van der Waals surface area contributed by atoms with Crippen LogP contribution in [0.2, 0.25) is 0 Å². The molecule has 20 heavy (non-hydrogen) atoms. The number of nitrogens with one attached hydrogen (secondary N) is 1. The molecule has 0 aromatic rings. The van der Waals surface area contributed by atoms with Gasteiger partial charge in [-0.2, -0.15) is 0 Å². The van der Waals surface area contributed by atoms with E-state index in [0.717, 1.165) is 6.42 Å². The van der Waals surface area contributed by atoms with Gasteiger partial charge in [0.15, 0.2) is 0 Å². The number of hydrogen-bond acceptors (Lipinski definition) is 3. The van der Waals surface area contributed by atoms with Crippen molar-refractivity contribution in [3.8, 4) is 0 Å². The van der Waals surface area contributed by atoms with Crippen LogP contribution in [0.5, 0.6) is 0 Å². The Labute approximate surface area is 117 Å². The molecule has 0 aliphatic carbocycles. The first-order valence-electron chi connectivity index (χ1n) is 6.64. The SMILES string of the molecule is CC(C)CC(C)OCCC(=O)NC(CC(F)F)C(=O)O. The van der Waals surface area contributed by atoms with Gasteiger partial charge in [-0.3, -0.25) is 4.79 Å². The fourth-order valence-corrected chi connectivity index (χ4v) is 1.75. The second kappa shape index (κ2) is 9.63. The first-order valence-corrected chi connectivity index (χ1v) is 6.64. The van der Waals surface area contributed by atoms with Crippen molar-refractivity contribution >= 4 is 11.9 Å². The predicted octanol–water partition coefficient (Wildman–Crippen LogP) is 2.05. The van der Waals surface area contributed by atoms with Gasteiger partial charge in [0.05, 0.1) is 12.7 Å². The number of carbonyl (C=O) groups is 2. The van der Waals surface area contributed by atoms with E-state index in [0.29, 0.717) is 5.92 Å². The van der Waals surface area contributed by atoms with Gasteiger partial charge in [-0.1, -0.05) is 13.8 Å². The fraction of sp³-hybridized carbons (Fsp3) is 0.846. The fourth-order valence-electron chi connectivity index (χ4n) is 1.75. The Kier molecular flexibility index (Phi) is 9.03. The maximum Gasteiger partial charge on any atom is 0.326 e. The largest absolute Gasteiger partial charge is 0.480 e. The van der Waals surface area contributed by atoms with Crippen LogP contribution in [0.15, 0.2) is 0 Å². The van der Waals surface area contributed by atoms with Crippen molar-refractivity contribution in [2.45, 2.75) is 58.6 Å². The Morgan fingerprint density at radius 1 is 1.20 bits per heavy atom. The number of alkyl halides is 2. The van der Waals surface area contributed by atoms with Gasteiger partial charge in [-0.15, -0.1) is 0 Å². The van der Waals surface area contributed by atoms with Crippen molar-refractivity contribution in [2.24, 2.45) is 5.92 Å². The minimum Gasteiger partial charge on any atom is -0.480 e. The van der Waals surface area contributed by atoms with Crippen LogP contribution in [0.3, 0.4) is 0 Å². The number of aliphatic carboxylic acids is 1. The summed E-state index contributed by atoms with van der Waals surface area (Å²) in [5.74, 6) is -1.59. The van der Waals surface area contributed by atoms with Crippen LogP contribution in [0, 0.1) is 5.92 Å². The standard InChI is InChI=1S/C13H23F2NO4/c1-8(2)6-9(3)20-5-4-12(17)16-10(13(18)19)7-11(14)15/h8-11H,4-7H2,1-3H3,(H,16,17)(H,18,19). The molecule has 5 nitrogen and oxygen atoms in total. The maximum absolute atomic E-state index is 12.1. The summed E-state index contributed by atoms with van der Waals surface area (Å²) < 4.78 is 29.7. The van der Waals surface area contributed by atoms with E-state index in [-0.39, 0.29) is 19.1 Å². The molecular formula is C13H23F2NO4. The topological polar surface area (TPSA) is 75.6 Å². The van der Waals surface area contributed by atoms with Crippen LogP contribution in [-0.4, -0.2) is 42.2 Å². The van der Waals surface area contributed by atoms with E-state index in [1.807, 2.05) is 20.8 Å². The summed E-state index contributed by atoms with van der Waals surface area (Å²) >= 11 is 0. The third-order valence-corrected chi connectivity index (χ3v) is 2.58. The molecule has 2 atom stereocenters. The Bertz CT molecular complexity index is 311. The number of carboxylic acids is 1. The molecule has 0 spiro atoms. The van der Waals surface area contributed by atoms with Gasteiger partial charge in [0.2, 0.25) is 12.3 Å². The molecule has 0 aromatic heterocycles. The normalized spacial score (nSPS) is 14.3. The molecule has 0 aliphatic heterocycles. The highest BCUT2D eigenvalue weighted by Gasteiger charge is 2.23. The second-order valence-corrected chi connectivity index (χ2v) is 5.15. The maximum atomic E-state index is 12.1. The van der Waals surface area contributed by atoms with Gasteiger partial charge < -0.3 is 15.2 Å². The first kappa shape index (κ1) is 18.8. The summed E-state index contributed by atoms with van der Waals surface area (Å²) in [6, 6.07) is -1.56. The van der Waals surface area contributed by atoms with Gasteiger partial charge in [-0.25, -0.2) is 13.6 Å². The third-order valence-electron chi connectivity index (χ3n) is 2.58. The minimum absolute atomic E-state index is 0.000801. The first-order chi connectivity index (χ1) is 9.22. The van der Waals surface area contributed by atoms with Crippen molar-refractivity contribution in [3.63, 3.8) is 0 Å². The van der Waals surface area contributed by atoms with Crippen LogP contribution in [-0.2, 0) is 14.3 Å².